The SMILES string of the molecule is O=C(O)c1ccc(CC(O)C(=O)O)cc1. The van der Waals surface area contributed by atoms with Crippen LogP contribution in [0.15, 0.2) is 24.3 Å². The van der Waals surface area contributed by atoms with Crippen molar-refractivity contribution < 1.29 is 24.9 Å². The van der Waals surface area contributed by atoms with Crippen molar-refractivity contribution in [3.63, 3.8) is 0 Å². The number of aromatic carboxylic acids is 1. The van der Waals surface area contributed by atoms with Gasteiger partial charge in [0.05, 0.1) is 5.56 Å². The number of aliphatic hydroxyl groups is 1. The molecule has 0 bridgehead atoms. The van der Waals surface area contributed by atoms with Crippen LogP contribution in [-0.2, 0) is 11.2 Å². The summed E-state index contributed by atoms with van der Waals surface area (Å²) in [5.41, 5.74) is 0.707. The number of benzene rings is 1. The smallest absolute Gasteiger partial charge is 0.335 e. The van der Waals surface area contributed by atoms with Crippen LogP contribution in [0.5, 0.6) is 0 Å². The quantitative estimate of drug-likeness (QED) is 0.667. The third-order valence-corrected chi connectivity index (χ3v) is 1.91. The van der Waals surface area contributed by atoms with Crippen molar-refractivity contribution >= 4 is 11.9 Å². The fourth-order valence-corrected chi connectivity index (χ4v) is 1.09. The van der Waals surface area contributed by atoms with Gasteiger partial charge in [0, 0.05) is 6.42 Å². The van der Waals surface area contributed by atoms with Gasteiger partial charge in [0.1, 0.15) is 0 Å². The van der Waals surface area contributed by atoms with E-state index in [1.807, 2.05) is 0 Å². The Morgan fingerprint density at radius 3 is 2.07 bits per heavy atom. The number of aliphatic hydroxyl groups excluding tert-OH is 1. The van der Waals surface area contributed by atoms with E-state index in [4.69, 9.17) is 15.3 Å². The number of carbonyl (C=O) groups is 2. The third-order valence-electron chi connectivity index (χ3n) is 1.91. The largest absolute Gasteiger partial charge is 0.479 e. The van der Waals surface area contributed by atoms with E-state index in [1.165, 1.54) is 24.3 Å². The summed E-state index contributed by atoms with van der Waals surface area (Å²) < 4.78 is 0. The first-order valence-electron chi connectivity index (χ1n) is 4.24. The average molecular weight is 210 g/mol. The molecule has 0 aliphatic heterocycles. The lowest BCUT2D eigenvalue weighted by Crippen LogP contribution is -2.21. The summed E-state index contributed by atoms with van der Waals surface area (Å²) in [5, 5.41) is 26.1. The number of rotatable bonds is 4. The van der Waals surface area contributed by atoms with Gasteiger partial charge in [-0.15, -0.1) is 0 Å². The highest BCUT2D eigenvalue weighted by Gasteiger charge is 2.13. The van der Waals surface area contributed by atoms with E-state index in [0.29, 0.717) is 5.56 Å². The van der Waals surface area contributed by atoms with Crippen LogP contribution in [0.3, 0.4) is 0 Å². The molecule has 0 aliphatic rings. The molecule has 1 unspecified atom stereocenters. The molecular formula is C10H10O5. The number of hydrogen-bond acceptors (Lipinski definition) is 3. The molecule has 1 rings (SSSR count). The molecule has 1 aromatic rings. The molecule has 0 heterocycles. The molecule has 1 atom stereocenters. The Morgan fingerprint density at radius 2 is 1.67 bits per heavy atom. The molecule has 0 aromatic heterocycles. The van der Waals surface area contributed by atoms with Crippen LogP contribution in [0.2, 0.25) is 0 Å². The topological polar surface area (TPSA) is 94.8 Å². The minimum atomic E-state index is -1.46. The first kappa shape index (κ1) is 11.2. The van der Waals surface area contributed by atoms with Crippen molar-refractivity contribution in [2.24, 2.45) is 0 Å². The highest BCUT2D eigenvalue weighted by atomic mass is 16.4. The van der Waals surface area contributed by atoms with Gasteiger partial charge in [0.15, 0.2) is 6.10 Å². The zero-order chi connectivity index (χ0) is 11.4. The Balaban J connectivity index is 2.72. The first-order valence-corrected chi connectivity index (χ1v) is 4.24. The molecule has 0 saturated carbocycles. The third kappa shape index (κ3) is 3.07. The molecule has 0 aliphatic carbocycles. The second-order valence-corrected chi connectivity index (χ2v) is 3.06. The first-order chi connectivity index (χ1) is 7.00. The number of hydrogen-bond donors (Lipinski definition) is 3. The Labute approximate surface area is 85.6 Å². The van der Waals surface area contributed by atoms with Gasteiger partial charge in [-0.3, -0.25) is 0 Å². The van der Waals surface area contributed by atoms with Crippen LogP contribution in [-0.4, -0.2) is 33.4 Å². The molecule has 0 amide bonds. The molecule has 0 saturated heterocycles. The molecule has 0 radical (unpaired) electrons. The average Bonchev–Trinajstić information content (AvgIpc) is 2.18. The lowest BCUT2D eigenvalue weighted by Gasteiger charge is -2.05. The predicted molar refractivity (Wildman–Crippen MR) is 50.7 cm³/mol. The predicted octanol–water partition coefficient (Wildman–Crippen LogP) is 0.373. The zero-order valence-electron chi connectivity index (χ0n) is 7.75. The molecule has 0 fully saturated rings. The summed E-state index contributed by atoms with van der Waals surface area (Å²) in [4.78, 5) is 20.8. The fraction of sp³-hybridized carbons (Fsp3) is 0.200. The summed E-state index contributed by atoms with van der Waals surface area (Å²) in [6.45, 7) is 0. The summed E-state index contributed by atoms with van der Waals surface area (Å²) in [7, 11) is 0. The summed E-state index contributed by atoms with van der Waals surface area (Å²) in [6, 6.07) is 5.70. The van der Waals surface area contributed by atoms with Crippen molar-refractivity contribution in [1.29, 1.82) is 0 Å². The van der Waals surface area contributed by atoms with Crippen molar-refractivity contribution in [3.05, 3.63) is 35.4 Å². The molecule has 5 nitrogen and oxygen atoms in total. The van der Waals surface area contributed by atoms with Gasteiger partial charge in [-0.05, 0) is 17.7 Å². The van der Waals surface area contributed by atoms with Crippen LogP contribution in [0.25, 0.3) is 0 Å². The van der Waals surface area contributed by atoms with E-state index in [9.17, 15) is 9.59 Å². The van der Waals surface area contributed by atoms with Gasteiger partial charge in [-0.1, -0.05) is 12.1 Å². The van der Waals surface area contributed by atoms with Crippen molar-refractivity contribution in [3.8, 4) is 0 Å². The number of aliphatic carboxylic acids is 1. The normalized spacial score (nSPS) is 12.1. The van der Waals surface area contributed by atoms with E-state index in [-0.39, 0.29) is 12.0 Å². The van der Waals surface area contributed by atoms with Gasteiger partial charge in [-0.25, -0.2) is 9.59 Å². The summed E-state index contributed by atoms with van der Waals surface area (Å²) in [5.74, 6) is -2.34. The Bertz CT molecular complexity index is 368. The van der Waals surface area contributed by atoms with Crippen molar-refractivity contribution in [2.45, 2.75) is 12.5 Å². The van der Waals surface area contributed by atoms with Crippen LogP contribution in [0.4, 0.5) is 0 Å². The Morgan fingerprint density at radius 1 is 1.13 bits per heavy atom. The highest BCUT2D eigenvalue weighted by Crippen LogP contribution is 2.07. The van der Waals surface area contributed by atoms with Gasteiger partial charge in [0.2, 0.25) is 0 Å². The lowest BCUT2D eigenvalue weighted by atomic mass is 10.1. The number of carboxylic acids is 2. The second kappa shape index (κ2) is 4.56. The maximum absolute atomic E-state index is 10.5. The van der Waals surface area contributed by atoms with E-state index in [0.717, 1.165) is 0 Å². The minimum absolute atomic E-state index is 0.0325. The minimum Gasteiger partial charge on any atom is -0.479 e. The lowest BCUT2D eigenvalue weighted by molar-refractivity contribution is -0.146. The van der Waals surface area contributed by atoms with Crippen LogP contribution >= 0.6 is 0 Å². The van der Waals surface area contributed by atoms with Crippen molar-refractivity contribution in [2.75, 3.05) is 0 Å². The van der Waals surface area contributed by atoms with Crippen LogP contribution in [0, 0.1) is 0 Å². The van der Waals surface area contributed by atoms with Gasteiger partial charge in [0.25, 0.3) is 0 Å². The second-order valence-electron chi connectivity index (χ2n) is 3.06. The van der Waals surface area contributed by atoms with Crippen LogP contribution < -0.4 is 0 Å². The van der Waals surface area contributed by atoms with Gasteiger partial charge < -0.3 is 15.3 Å². The maximum Gasteiger partial charge on any atom is 0.335 e. The molecule has 15 heavy (non-hydrogen) atoms. The zero-order valence-corrected chi connectivity index (χ0v) is 7.75. The summed E-state index contributed by atoms with van der Waals surface area (Å²) in [6.07, 6.45) is -1.49. The van der Waals surface area contributed by atoms with Gasteiger partial charge in [-0.2, -0.15) is 0 Å². The fourth-order valence-electron chi connectivity index (χ4n) is 1.09. The Kier molecular flexibility index (Phi) is 3.41. The van der Waals surface area contributed by atoms with Crippen molar-refractivity contribution in [1.82, 2.24) is 0 Å². The monoisotopic (exact) mass is 210 g/mol. The van der Waals surface area contributed by atoms with E-state index in [2.05, 4.69) is 0 Å². The Hall–Kier alpha value is -1.88. The maximum atomic E-state index is 10.5. The van der Waals surface area contributed by atoms with E-state index >= 15 is 0 Å². The summed E-state index contributed by atoms with van der Waals surface area (Å²) >= 11 is 0. The molecular weight excluding hydrogens is 200 g/mol. The molecule has 1 aromatic carbocycles. The molecule has 3 N–H and O–H groups in total. The van der Waals surface area contributed by atoms with Crippen LogP contribution in [0.1, 0.15) is 15.9 Å². The van der Waals surface area contributed by atoms with E-state index < -0.39 is 18.0 Å². The molecule has 5 heteroatoms. The standard InChI is InChI=1S/C10H10O5/c11-8(10(14)15)5-6-1-3-7(4-2-6)9(12)13/h1-4,8,11H,5H2,(H,12,13)(H,14,15). The molecule has 80 valence electrons. The van der Waals surface area contributed by atoms with E-state index in [1.54, 1.807) is 0 Å². The molecule has 0 spiro atoms. The van der Waals surface area contributed by atoms with Gasteiger partial charge >= 0.3 is 11.9 Å². The number of carboxylic acid groups (broad SMARTS) is 2. The highest BCUT2D eigenvalue weighted by molar-refractivity contribution is 5.87.